The monoisotopic (exact) mass is 388 g/mol. The molecule has 1 aromatic heterocycles. The van der Waals surface area contributed by atoms with Crippen molar-refractivity contribution in [3.63, 3.8) is 0 Å². The predicted molar refractivity (Wildman–Crippen MR) is 118 cm³/mol. The average Bonchev–Trinajstić information content (AvgIpc) is 2.71. The number of nitrogens with zero attached hydrogens (tertiary/aromatic N) is 1. The summed E-state index contributed by atoms with van der Waals surface area (Å²) in [4.78, 5) is 17.2. The third-order valence-electron chi connectivity index (χ3n) is 4.78. The minimum atomic E-state index is -0.160. The molecule has 0 unspecified atom stereocenters. The molecule has 0 atom stereocenters. The van der Waals surface area contributed by atoms with Crippen molar-refractivity contribution in [1.29, 1.82) is 0 Å². The maximum Gasteiger partial charge on any atom is 0.257 e. The van der Waals surface area contributed by atoms with Gasteiger partial charge in [-0.1, -0.05) is 45.4 Å². The zero-order valence-corrected chi connectivity index (χ0v) is 17.5. The van der Waals surface area contributed by atoms with E-state index in [0.717, 1.165) is 41.4 Å². The van der Waals surface area contributed by atoms with E-state index in [4.69, 9.17) is 4.74 Å². The summed E-state index contributed by atoms with van der Waals surface area (Å²) in [5, 5.41) is 2.94. The van der Waals surface area contributed by atoms with Crippen LogP contribution in [0.1, 0.15) is 60.4 Å². The first-order chi connectivity index (χ1) is 14.0. The largest absolute Gasteiger partial charge is 0.457 e. The van der Waals surface area contributed by atoms with Gasteiger partial charge < -0.3 is 10.1 Å². The number of benzene rings is 2. The fraction of sp³-hybridized carbons (Fsp3) is 0.280. The summed E-state index contributed by atoms with van der Waals surface area (Å²) in [6.07, 6.45) is 2.05. The van der Waals surface area contributed by atoms with Crippen LogP contribution in [0.15, 0.2) is 60.7 Å². The van der Waals surface area contributed by atoms with Gasteiger partial charge >= 0.3 is 0 Å². The van der Waals surface area contributed by atoms with Gasteiger partial charge in [-0.25, -0.2) is 0 Å². The molecule has 29 heavy (non-hydrogen) atoms. The molecular formula is C25H28N2O2. The van der Waals surface area contributed by atoms with E-state index in [0.29, 0.717) is 11.5 Å². The first-order valence-corrected chi connectivity index (χ1v) is 10.1. The quantitative estimate of drug-likeness (QED) is 0.502. The Labute approximate surface area is 173 Å². The lowest BCUT2D eigenvalue weighted by Gasteiger charge is -2.12. The number of anilines is 1. The van der Waals surface area contributed by atoms with Crippen molar-refractivity contribution < 1.29 is 9.53 Å². The Bertz CT molecular complexity index is 978. The Morgan fingerprint density at radius 3 is 2.41 bits per heavy atom. The van der Waals surface area contributed by atoms with Crippen molar-refractivity contribution in [2.75, 3.05) is 5.32 Å². The number of pyridine rings is 1. The molecule has 1 N–H and O–H groups in total. The second-order valence-corrected chi connectivity index (χ2v) is 7.46. The predicted octanol–water partition coefficient (Wildman–Crippen LogP) is 6.51. The first-order valence-electron chi connectivity index (χ1n) is 10.1. The second-order valence-electron chi connectivity index (χ2n) is 7.46. The van der Waals surface area contributed by atoms with E-state index >= 15 is 0 Å². The lowest BCUT2D eigenvalue weighted by Crippen LogP contribution is -2.14. The maximum absolute atomic E-state index is 12.6. The summed E-state index contributed by atoms with van der Waals surface area (Å²) in [6, 6.07) is 19.3. The van der Waals surface area contributed by atoms with Crippen molar-refractivity contribution in [2.24, 2.45) is 0 Å². The first kappa shape index (κ1) is 20.6. The number of para-hydroxylation sites is 1. The fourth-order valence-electron chi connectivity index (χ4n) is 3.15. The van der Waals surface area contributed by atoms with Crippen LogP contribution in [0.3, 0.4) is 0 Å². The van der Waals surface area contributed by atoms with Crippen LogP contribution in [0, 0.1) is 6.92 Å². The van der Waals surface area contributed by atoms with E-state index in [1.807, 2.05) is 61.5 Å². The minimum Gasteiger partial charge on any atom is -0.457 e. The number of amides is 1. The van der Waals surface area contributed by atoms with Gasteiger partial charge in [-0.05, 0) is 67.3 Å². The summed E-state index contributed by atoms with van der Waals surface area (Å²) >= 11 is 0. The highest BCUT2D eigenvalue weighted by Gasteiger charge is 2.12. The number of hydrogen-bond acceptors (Lipinski definition) is 3. The highest BCUT2D eigenvalue weighted by atomic mass is 16.5. The summed E-state index contributed by atoms with van der Waals surface area (Å²) in [7, 11) is 0. The Morgan fingerprint density at radius 2 is 1.76 bits per heavy atom. The van der Waals surface area contributed by atoms with E-state index in [2.05, 4.69) is 37.1 Å². The zero-order valence-electron chi connectivity index (χ0n) is 17.5. The third kappa shape index (κ3) is 5.23. The topological polar surface area (TPSA) is 51.2 Å². The van der Waals surface area contributed by atoms with E-state index in [1.165, 1.54) is 5.56 Å². The maximum atomic E-state index is 12.6. The van der Waals surface area contributed by atoms with Crippen LogP contribution in [0.4, 0.5) is 5.69 Å². The van der Waals surface area contributed by atoms with Crippen molar-refractivity contribution in [3.8, 4) is 11.5 Å². The molecule has 0 aliphatic heterocycles. The number of carbonyl (C=O) groups is 1. The van der Waals surface area contributed by atoms with Gasteiger partial charge in [-0.15, -0.1) is 0 Å². The van der Waals surface area contributed by atoms with Crippen molar-refractivity contribution >= 4 is 11.6 Å². The van der Waals surface area contributed by atoms with Crippen LogP contribution in [-0.2, 0) is 6.42 Å². The molecule has 1 amide bonds. The molecule has 0 aliphatic carbocycles. The molecule has 4 heteroatoms. The highest BCUT2D eigenvalue weighted by molar-refractivity contribution is 6.05. The second kappa shape index (κ2) is 9.37. The number of hydrogen-bond donors (Lipinski definition) is 1. The van der Waals surface area contributed by atoms with E-state index in [1.54, 1.807) is 0 Å². The van der Waals surface area contributed by atoms with Crippen molar-refractivity contribution in [2.45, 2.75) is 46.5 Å². The summed E-state index contributed by atoms with van der Waals surface area (Å²) < 4.78 is 6.04. The van der Waals surface area contributed by atoms with E-state index < -0.39 is 0 Å². The molecule has 3 rings (SSSR count). The van der Waals surface area contributed by atoms with Gasteiger partial charge in [0.1, 0.15) is 11.5 Å². The number of aryl methyl sites for hydroxylation is 2. The number of aromatic nitrogens is 1. The Morgan fingerprint density at radius 1 is 1.03 bits per heavy atom. The molecule has 4 nitrogen and oxygen atoms in total. The molecule has 0 fully saturated rings. The van der Waals surface area contributed by atoms with Gasteiger partial charge in [0.25, 0.3) is 5.91 Å². The smallest absolute Gasteiger partial charge is 0.257 e. The summed E-state index contributed by atoms with van der Waals surface area (Å²) in [5.74, 6) is 1.79. The van der Waals surface area contributed by atoms with Crippen molar-refractivity contribution in [3.05, 3.63) is 83.2 Å². The molecule has 0 radical (unpaired) electrons. The molecule has 0 saturated heterocycles. The Hall–Kier alpha value is -3.14. The van der Waals surface area contributed by atoms with Crippen LogP contribution in [0.25, 0.3) is 0 Å². The van der Waals surface area contributed by atoms with Crippen LogP contribution in [0.5, 0.6) is 11.5 Å². The van der Waals surface area contributed by atoms with Gasteiger partial charge in [0.05, 0.1) is 11.3 Å². The molecular weight excluding hydrogens is 360 g/mol. The molecule has 0 bridgehead atoms. The Kier molecular flexibility index (Phi) is 6.65. The molecule has 2 aromatic carbocycles. The standard InChI is InChI=1S/C25H28N2O2/c1-5-8-19-9-6-7-10-24(19)29-21-13-11-20(12-14-21)27-25(28)22-15-16-23(17(2)3)26-18(22)4/h6-7,9-17H,5,8H2,1-4H3,(H,27,28). The van der Waals surface area contributed by atoms with Crippen LogP contribution < -0.4 is 10.1 Å². The zero-order chi connectivity index (χ0) is 20.8. The summed E-state index contributed by atoms with van der Waals surface area (Å²) in [5.41, 5.74) is 4.23. The normalized spacial score (nSPS) is 10.8. The van der Waals surface area contributed by atoms with Gasteiger partial charge in [0, 0.05) is 11.4 Å². The molecule has 150 valence electrons. The van der Waals surface area contributed by atoms with Gasteiger partial charge in [-0.3, -0.25) is 9.78 Å². The number of ether oxygens (including phenoxy) is 1. The summed E-state index contributed by atoms with van der Waals surface area (Å²) in [6.45, 7) is 8.20. The molecule has 0 aliphatic rings. The number of nitrogens with one attached hydrogen (secondary N) is 1. The number of rotatable bonds is 7. The van der Waals surface area contributed by atoms with E-state index in [-0.39, 0.29) is 5.91 Å². The molecule has 1 heterocycles. The van der Waals surface area contributed by atoms with Crippen LogP contribution >= 0.6 is 0 Å². The molecule has 3 aromatic rings. The molecule has 0 spiro atoms. The minimum absolute atomic E-state index is 0.160. The highest BCUT2D eigenvalue weighted by Crippen LogP contribution is 2.27. The van der Waals surface area contributed by atoms with Gasteiger partial charge in [-0.2, -0.15) is 0 Å². The van der Waals surface area contributed by atoms with Crippen molar-refractivity contribution in [1.82, 2.24) is 4.98 Å². The van der Waals surface area contributed by atoms with Gasteiger partial charge in [0.15, 0.2) is 0 Å². The average molecular weight is 389 g/mol. The Balaban J connectivity index is 1.69. The third-order valence-corrected chi connectivity index (χ3v) is 4.78. The van der Waals surface area contributed by atoms with Crippen LogP contribution in [-0.4, -0.2) is 10.9 Å². The SMILES string of the molecule is CCCc1ccccc1Oc1ccc(NC(=O)c2ccc(C(C)C)nc2C)cc1. The van der Waals surface area contributed by atoms with Crippen LogP contribution in [0.2, 0.25) is 0 Å². The lowest BCUT2D eigenvalue weighted by atomic mass is 10.1. The molecule has 0 saturated carbocycles. The fourth-order valence-corrected chi connectivity index (χ4v) is 3.15. The number of carbonyl (C=O) groups excluding carboxylic acids is 1. The lowest BCUT2D eigenvalue weighted by molar-refractivity contribution is 0.102. The van der Waals surface area contributed by atoms with Gasteiger partial charge in [0.2, 0.25) is 0 Å². The van der Waals surface area contributed by atoms with E-state index in [9.17, 15) is 4.79 Å².